The lowest BCUT2D eigenvalue weighted by molar-refractivity contribution is -0.132. The number of nitrogens with one attached hydrogen (secondary N) is 1. The predicted octanol–water partition coefficient (Wildman–Crippen LogP) is 1.72. The molecule has 1 saturated heterocycles. The monoisotopic (exact) mass is 308 g/mol. The number of piperidine rings is 1. The summed E-state index contributed by atoms with van der Waals surface area (Å²) < 4.78 is 18.5. The van der Waals surface area contributed by atoms with Gasteiger partial charge in [-0.3, -0.25) is 9.59 Å². The summed E-state index contributed by atoms with van der Waals surface area (Å²) in [7, 11) is 0. The number of amides is 2. The average molecular weight is 308 g/mol. The summed E-state index contributed by atoms with van der Waals surface area (Å²) in [5.74, 6) is -0.543. The van der Waals surface area contributed by atoms with E-state index in [9.17, 15) is 14.0 Å². The maximum absolute atomic E-state index is 13.4. The molecule has 0 aromatic heterocycles. The maximum Gasteiger partial charge on any atom is 0.258 e. The molecule has 5 nitrogen and oxygen atoms in total. The van der Waals surface area contributed by atoms with E-state index in [-0.39, 0.29) is 30.2 Å². The summed E-state index contributed by atoms with van der Waals surface area (Å²) in [6, 6.07) is 6.02. The van der Waals surface area contributed by atoms with Gasteiger partial charge in [-0.1, -0.05) is 19.1 Å². The van der Waals surface area contributed by atoms with Gasteiger partial charge in [0.2, 0.25) is 5.91 Å². The molecule has 1 aromatic rings. The smallest absolute Gasteiger partial charge is 0.258 e. The fourth-order valence-corrected chi connectivity index (χ4v) is 2.47. The average Bonchev–Trinajstić information content (AvgIpc) is 2.54. The Hall–Kier alpha value is -2.11. The fourth-order valence-electron chi connectivity index (χ4n) is 2.47. The molecule has 0 unspecified atom stereocenters. The molecule has 2 amide bonds. The number of nitrogens with zero attached hydrogens (tertiary/aromatic N) is 1. The Morgan fingerprint density at radius 3 is 2.64 bits per heavy atom. The zero-order valence-corrected chi connectivity index (χ0v) is 12.7. The standard InChI is InChI=1S/C16H21FN2O3/c1-2-16(21)19-9-7-12(8-10-19)18-15(20)11-22-14-6-4-3-5-13(14)17/h3-6,12H,2,7-11H2,1H3,(H,18,20). The Labute approximate surface area is 129 Å². The van der Waals surface area contributed by atoms with Gasteiger partial charge in [0, 0.05) is 25.6 Å². The third-order valence-corrected chi connectivity index (χ3v) is 3.71. The van der Waals surface area contributed by atoms with Crippen molar-refractivity contribution in [2.24, 2.45) is 0 Å². The zero-order valence-electron chi connectivity index (χ0n) is 12.7. The minimum atomic E-state index is -0.485. The number of rotatable bonds is 5. The number of carbonyl (C=O) groups is 2. The molecule has 0 bridgehead atoms. The van der Waals surface area contributed by atoms with E-state index in [1.165, 1.54) is 12.1 Å². The van der Waals surface area contributed by atoms with Gasteiger partial charge in [0.05, 0.1) is 0 Å². The molecule has 0 spiro atoms. The Kier molecular flexibility index (Phi) is 5.75. The molecule has 0 radical (unpaired) electrons. The quantitative estimate of drug-likeness (QED) is 0.901. The number of hydrogen-bond donors (Lipinski definition) is 1. The number of halogens is 1. The van der Waals surface area contributed by atoms with Gasteiger partial charge in [-0.2, -0.15) is 0 Å². The molecule has 1 aliphatic rings. The Morgan fingerprint density at radius 1 is 1.32 bits per heavy atom. The number of likely N-dealkylation sites (tertiary alicyclic amines) is 1. The highest BCUT2D eigenvalue weighted by atomic mass is 19.1. The number of ether oxygens (including phenoxy) is 1. The normalized spacial score (nSPS) is 15.5. The Balaban J connectivity index is 1.72. The van der Waals surface area contributed by atoms with Gasteiger partial charge in [0.15, 0.2) is 18.2 Å². The Morgan fingerprint density at radius 2 is 2.00 bits per heavy atom. The molecular weight excluding hydrogens is 287 g/mol. The van der Waals surface area contributed by atoms with Crippen molar-refractivity contribution in [3.8, 4) is 5.75 Å². The van der Waals surface area contributed by atoms with Crippen LogP contribution in [-0.4, -0.2) is 42.5 Å². The molecule has 0 aliphatic carbocycles. The van der Waals surface area contributed by atoms with E-state index in [1.807, 2.05) is 11.8 Å². The first-order valence-electron chi connectivity index (χ1n) is 7.54. The largest absolute Gasteiger partial charge is 0.481 e. The van der Waals surface area contributed by atoms with Crippen LogP contribution in [-0.2, 0) is 9.59 Å². The van der Waals surface area contributed by atoms with Gasteiger partial charge in [0.25, 0.3) is 5.91 Å². The molecule has 0 atom stereocenters. The topological polar surface area (TPSA) is 58.6 Å². The van der Waals surface area contributed by atoms with Gasteiger partial charge >= 0.3 is 0 Å². The first-order valence-corrected chi connectivity index (χ1v) is 7.54. The first kappa shape index (κ1) is 16.3. The van der Waals surface area contributed by atoms with Crippen LogP contribution < -0.4 is 10.1 Å². The molecular formula is C16H21FN2O3. The summed E-state index contributed by atoms with van der Waals surface area (Å²) >= 11 is 0. The lowest BCUT2D eigenvalue weighted by atomic mass is 10.0. The van der Waals surface area contributed by atoms with Crippen molar-refractivity contribution < 1.29 is 18.7 Å². The molecule has 1 fully saturated rings. The van der Waals surface area contributed by atoms with Crippen LogP contribution in [0, 0.1) is 5.82 Å². The second-order valence-electron chi connectivity index (χ2n) is 5.30. The third kappa shape index (κ3) is 4.44. The van der Waals surface area contributed by atoms with E-state index in [2.05, 4.69) is 5.32 Å². The van der Waals surface area contributed by atoms with Crippen molar-refractivity contribution in [1.29, 1.82) is 0 Å². The molecule has 6 heteroatoms. The highest BCUT2D eigenvalue weighted by Crippen LogP contribution is 2.15. The van der Waals surface area contributed by atoms with Crippen LogP contribution >= 0.6 is 0 Å². The second kappa shape index (κ2) is 7.77. The minimum Gasteiger partial charge on any atom is -0.481 e. The van der Waals surface area contributed by atoms with Crippen molar-refractivity contribution in [1.82, 2.24) is 10.2 Å². The van der Waals surface area contributed by atoms with Crippen molar-refractivity contribution in [2.75, 3.05) is 19.7 Å². The summed E-state index contributed by atoms with van der Waals surface area (Å²) in [4.78, 5) is 25.2. The van der Waals surface area contributed by atoms with E-state index in [4.69, 9.17) is 4.74 Å². The van der Waals surface area contributed by atoms with Crippen LogP contribution in [0.3, 0.4) is 0 Å². The summed E-state index contributed by atoms with van der Waals surface area (Å²) in [6.07, 6.45) is 1.97. The summed E-state index contributed by atoms with van der Waals surface area (Å²) in [5, 5.41) is 2.86. The van der Waals surface area contributed by atoms with E-state index in [0.717, 1.165) is 12.8 Å². The number of carbonyl (C=O) groups excluding carboxylic acids is 2. The third-order valence-electron chi connectivity index (χ3n) is 3.71. The number of benzene rings is 1. The minimum absolute atomic E-state index is 0.0395. The maximum atomic E-state index is 13.4. The van der Waals surface area contributed by atoms with E-state index in [0.29, 0.717) is 19.5 Å². The van der Waals surface area contributed by atoms with Crippen LogP contribution in [0.1, 0.15) is 26.2 Å². The highest BCUT2D eigenvalue weighted by Gasteiger charge is 2.23. The molecule has 22 heavy (non-hydrogen) atoms. The highest BCUT2D eigenvalue weighted by molar-refractivity contribution is 5.78. The fraction of sp³-hybridized carbons (Fsp3) is 0.500. The van der Waals surface area contributed by atoms with Gasteiger partial charge in [0.1, 0.15) is 0 Å². The van der Waals surface area contributed by atoms with E-state index >= 15 is 0 Å². The lowest BCUT2D eigenvalue weighted by Crippen LogP contribution is -2.47. The van der Waals surface area contributed by atoms with Crippen molar-refractivity contribution >= 4 is 11.8 Å². The lowest BCUT2D eigenvalue weighted by Gasteiger charge is -2.32. The Bertz CT molecular complexity index is 528. The molecule has 1 N–H and O–H groups in total. The van der Waals surface area contributed by atoms with Crippen LogP contribution in [0.2, 0.25) is 0 Å². The zero-order chi connectivity index (χ0) is 15.9. The first-order chi connectivity index (χ1) is 10.6. The molecule has 1 aromatic carbocycles. The number of hydrogen-bond acceptors (Lipinski definition) is 3. The van der Waals surface area contributed by atoms with E-state index < -0.39 is 5.82 Å². The molecule has 0 saturated carbocycles. The molecule has 1 aliphatic heterocycles. The molecule has 1 heterocycles. The van der Waals surface area contributed by atoms with E-state index in [1.54, 1.807) is 12.1 Å². The SMILES string of the molecule is CCC(=O)N1CCC(NC(=O)COc2ccccc2F)CC1. The van der Waals surface area contributed by atoms with Crippen molar-refractivity contribution in [2.45, 2.75) is 32.2 Å². The van der Waals surface area contributed by atoms with Gasteiger partial charge in [-0.15, -0.1) is 0 Å². The number of para-hydroxylation sites is 1. The molecule has 120 valence electrons. The van der Waals surface area contributed by atoms with Crippen LogP contribution in [0.4, 0.5) is 4.39 Å². The van der Waals surface area contributed by atoms with Gasteiger partial charge in [-0.25, -0.2) is 4.39 Å². The van der Waals surface area contributed by atoms with Crippen molar-refractivity contribution in [3.05, 3.63) is 30.1 Å². The molecule has 2 rings (SSSR count). The van der Waals surface area contributed by atoms with Crippen LogP contribution in [0.25, 0.3) is 0 Å². The van der Waals surface area contributed by atoms with Gasteiger partial charge < -0.3 is 15.0 Å². The predicted molar refractivity (Wildman–Crippen MR) is 79.9 cm³/mol. The summed E-state index contributed by atoms with van der Waals surface area (Å²) in [6.45, 7) is 2.95. The van der Waals surface area contributed by atoms with Crippen LogP contribution in [0.5, 0.6) is 5.75 Å². The summed E-state index contributed by atoms with van der Waals surface area (Å²) in [5.41, 5.74) is 0. The van der Waals surface area contributed by atoms with Crippen molar-refractivity contribution in [3.63, 3.8) is 0 Å². The van der Waals surface area contributed by atoms with Gasteiger partial charge in [-0.05, 0) is 25.0 Å². The second-order valence-corrected chi connectivity index (χ2v) is 5.30. The van der Waals surface area contributed by atoms with Crippen LogP contribution in [0.15, 0.2) is 24.3 Å².